The SMILES string of the molecule is CSc1cccc(N2CC(=O)NCC2=O)c1. The molecule has 5 heteroatoms. The number of hydrogen-bond acceptors (Lipinski definition) is 3. The van der Waals surface area contributed by atoms with Crippen LogP contribution in [0.4, 0.5) is 5.69 Å². The first-order valence-corrected chi connectivity index (χ1v) is 6.14. The standard InChI is InChI=1S/C11H12N2O2S/c1-16-9-4-2-3-8(5-9)13-7-10(14)12-6-11(13)15/h2-5H,6-7H2,1H3,(H,12,14). The Morgan fingerprint density at radius 2 is 2.19 bits per heavy atom. The van der Waals surface area contributed by atoms with Crippen LogP contribution < -0.4 is 10.2 Å². The van der Waals surface area contributed by atoms with E-state index in [2.05, 4.69) is 5.32 Å². The van der Waals surface area contributed by atoms with Crippen LogP contribution >= 0.6 is 11.8 Å². The van der Waals surface area contributed by atoms with E-state index in [1.54, 1.807) is 11.8 Å². The number of rotatable bonds is 2. The van der Waals surface area contributed by atoms with Crippen molar-refractivity contribution in [2.24, 2.45) is 0 Å². The van der Waals surface area contributed by atoms with Crippen LogP contribution in [0.2, 0.25) is 0 Å². The van der Waals surface area contributed by atoms with Crippen LogP contribution in [0.25, 0.3) is 0 Å². The minimum Gasteiger partial charge on any atom is -0.345 e. The van der Waals surface area contributed by atoms with Crippen molar-refractivity contribution in [3.63, 3.8) is 0 Å². The zero-order valence-electron chi connectivity index (χ0n) is 8.90. The summed E-state index contributed by atoms with van der Waals surface area (Å²) in [5.74, 6) is -0.188. The number of hydrogen-bond donors (Lipinski definition) is 1. The summed E-state index contributed by atoms with van der Waals surface area (Å²) in [7, 11) is 0. The molecule has 0 atom stereocenters. The third-order valence-corrected chi connectivity index (χ3v) is 3.13. The fraction of sp³-hybridized carbons (Fsp3) is 0.273. The van der Waals surface area contributed by atoms with Crippen molar-refractivity contribution in [3.05, 3.63) is 24.3 Å². The van der Waals surface area contributed by atoms with Gasteiger partial charge in [0.25, 0.3) is 0 Å². The molecule has 1 fully saturated rings. The van der Waals surface area contributed by atoms with Crippen LogP contribution in [0.15, 0.2) is 29.2 Å². The molecule has 1 N–H and O–H groups in total. The molecule has 1 heterocycles. The lowest BCUT2D eigenvalue weighted by Gasteiger charge is -2.26. The molecule has 1 aromatic carbocycles. The lowest BCUT2D eigenvalue weighted by atomic mass is 10.2. The summed E-state index contributed by atoms with van der Waals surface area (Å²) in [6.45, 7) is 0.193. The van der Waals surface area contributed by atoms with E-state index in [9.17, 15) is 9.59 Å². The van der Waals surface area contributed by atoms with E-state index >= 15 is 0 Å². The second kappa shape index (κ2) is 4.57. The highest BCUT2D eigenvalue weighted by Crippen LogP contribution is 2.22. The Kier molecular flexibility index (Phi) is 3.14. The van der Waals surface area contributed by atoms with Crippen LogP contribution in [0.5, 0.6) is 0 Å². The van der Waals surface area contributed by atoms with Crippen molar-refractivity contribution in [2.75, 3.05) is 24.2 Å². The van der Waals surface area contributed by atoms with E-state index in [4.69, 9.17) is 0 Å². The quantitative estimate of drug-likeness (QED) is 0.775. The Bertz CT molecular complexity index is 434. The summed E-state index contributed by atoms with van der Waals surface area (Å²) in [6, 6.07) is 7.63. The van der Waals surface area contributed by atoms with Crippen molar-refractivity contribution < 1.29 is 9.59 Å². The van der Waals surface area contributed by atoms with Gasteiger partial charge in [-0.3, -0.25) is 9.59 Å². The Morgan fingerprint density at radius 1 is 1.38 bits per heavy atom. The molecule has 1 aliphatic rings. The number of carbonyl (C=O) groups is 2. The van der Waals surface area contributed by atoms with Gasteiger partial charge in [0.2, 0.25) is 11.8 Å². The van der Waals surface area contributed by atoms with Gasteiger partial charge in [-0.1, -0.05) is 6.07 Å². The molecule has 1 aromatic rings. The van der Waals surface area contributed by atoms with Crippen molar-refractivity contribution in [3.8, 4) is 0 Å². The van der Waals surface area contributed by atoms with Crippen LogP contribution in [-0.2, 0) is 9.59 Å². The second-order valence-electron chi connectivity index (χ2n) is 3.46. The minimum atomic E-state index is -0.117. The van der Waals surface area contributed by atoms with Gasteiger partial charge in [-0.05, 0) is 24.5 Å². The van der Waals surface area contributed by atoms with Gasteiger partial charge in [-0.15, -0.1) is 11.8 Å². The molecule has 4 nitrogen and oxygen atoms in total. The number of anilines is 1. The summed E-state index contributed by atoms with van der Waals surface area (Å²) in [5, 5.41) is 2.52. The molecule has 1 saturated heterocycles. The van der Waals surface area contributed by atoms with Gasteiger partial charge in [0, 0.05) is 10.6 Å². The van der Waals surface area contributed by atoms with E-state index < -0.39 is 0 Å². The Balaban J connectivity index is 2.27. The number of benzene rings is 1. The fourth-order valence-electron chi connectivity index (χ4n) is 1.57. The molecule has 2 amide bonds. The first-order chi connectivity index (χ1) is 7.70. The number of piperazine rings is 1. The van der Waals surface area contributed by atoms with E-state index in [0.717, 1.165) is 10.6 Å². The molecule has 0 aliphatic carbocycles. The van der Waals surface area contributed by atoms with Crippen LogP contribution in [0, 0.1) is 0 Å². The Hall–Kier alpha value is -1.49. The lowest BCUT2D eigenvalue weighted by Crippen LogP contribution is -2.51. The maximum absolute atomic E-state index is 11.6. The molecule has 0 unspecified atom stereocenters. The lowest BCUT2D eigenvalue weighted by molar-refractivity contribution is -0.128. The van der Waals surface area contributed by atoms with Gasteiger partial charge >= 0.3 is 0 Å². The van der Waals surface area contributed by atoms with Gasteiger partial charge in [-0.2, -0.15) is 0 Å². The predicted octanol–water partition coefficient (Wildman–Crippen LogP) is 0.871. The van der Waals surface area contributed by atoms with E-state index in [1.165, 1.54) is 4.90 Å². The largest absolute Gasteiger partial charge is 0.345 e. The van der Waals surface area contributed by atoms with Gasteiger partial charge in [-0.25, -0.2) is 0 Å². The number of nitrogens with zero attached hydrogens (tertiary/aromatic N) is 1. The highest BCUT2D eigenvalue weighted by atomic mass is 32.2. The Labute approximate surface area is 98.0 Å². The number of carbonyl (C=O) groups excluding carboxylic acids is 2. The highest BCUT2D eigenvalue weighted by Gasteiger charge is 2.24. The fourth-order valence-corrected chi connectivity index (χ4v) is 2.02. The molecule has 1 aliphatic heterocycles. The average molecular weight is 236 g/mol. The number of amides is 2. The molecule has 0 bridgehead atoms. The number of nitrogens with one attached hydrogen (secondary N) is 1. The van der Waals surface area contributed by atoms with Crippen molar-refractivity contribution in [2.45, 2.75) is 4.90 Å². The molecule has 0 aromatic heterocycles. The highest BCUT2D eigenvalue weighted by molar-refractivity contribution is 7.98. The maximum Gasteiger partial charge on any atom is 0.246 e. The molecule has 16 heavy (non-hydrogen) atoms. The molecule has 0 saturated carbocycles. The third kappa shape index (κ3) is 2.19. The summed E-state index contributed by atoms with van der Waals surface area (Å²) >= 11 is 1.61. The van der Waals surface area contributed by atoms with Crippen molar-refractivity contribution >= 4 is 29.3 Å². The Morgan fingerprint density at radius 3 is 2.94 bits per heavy atom. The number of thioether (sulfide) groups is 1. The minimum absolute atomic E-state index is 0.0714. The summed E-state index contributed by atoms with van der Waals surface area (Å²) in [6.07, 6.45) is 1.98. The van der Waals surface area contributed by atoms with Gasteiger partial charge in [0.1, 0.15) is 6.54 Å². The zero-order valence-corrected chi connectivity index (χ0v) is 9.71. The second-order valence-corrected chi connectivity index (χ2v) is 4.34. The van der Waals surface area contributed by atoms with Crippen LogP contribution in [-0.4, -0.2) is 31.2 Å². The molecule has 84 valence electrons. The molecular formula is C11H12N2O2S. The summed E-state index contributed by atoms with van der Waals surface area (Å²) in [5.41, 5.74) is 0.784. The van der Waals surface area contributed by atoms with Gasteiger partial charge in [0.15, 0.2) is 0 Å². The maximum atomic E-state index is 11.6. The van der Waals surface area contributed by atoms with E-state index in [-0.39, 0.29) is 24.9 Å². The third-order valence-electron chi connectivity index (χ3n) is 2.40. The zero-order chi connectivity index (χ0) is 11.5. The van der Waals surface area contributed by atoms with E-state index in [1.807, 2.05) is 30.5 Å². The van der Waals surface area contributed by atoms with Gasteiger partial charge < -0.3 is 10.2 Å². The van der Waals surface area contributed by atoms with E-state index in [0.29, 0.717) is 0 Å². The smallest absolute Gasteiger partial charge is 0.246 e. The molecule has 0 radical (unpaired) electrons. The molecule has 2 rings (SSSR count). The topological polar surface area (TPSA) is 49.4 Å². The van der Waals surface area contributed by atoms with Crippen LogP contribution in [0.1, 0.15) is 0 Å². The monoisotopic (exact) mass is 236 g/mol. The average Bonchev–Trinajstić information content (AvgIpc) is 2.32. The summed E-state index contributed by atoms with van der Waals surface area (Å²) in [4.78, 5) is 25.5. The first-order valence-electron chi connectivity index (χ1n) is 4.92. The molecule has 0 spiro atoms. The van der Waals surface area contributed by atoms with Crippen LogP contribution in [0.3, 0.4) is 0 Å². The molecular weight excluding hydrogens is 224 g/mol. The first kappa shape index (κ1) is 11.0. The van der Waals surface area contributed by atoms with Crippen molar-refractivity contribution in [1.29, 1.82) is 0 Å². The van der Waals surface area contributed by atoms with Gasteiger partial charge in [0.05, 0.1) is 6.54 Å². The summed E-state index contributed by atoms with van der Waals surface area (Å²) < 4.78 is 0. The normalized spacial score (nSPS) is 16.2. The predicted molar refractivity (Wildman–Crippen MR) is 63.6 cm³/mol. The van der Waals surface area contributed by atoms with Crippen molar-refractivity contribution in [1.82, 2.24) is 5.32 Å².